The topological polar surface area (TPSA) is 54.9 Å². The van der Waals surface area contributed by atoms with E-state index in [9.17, 15) is 0 Å². The number of nitrogens with one attached hydrogen (secondary N) is 2. The SMILES string of the molecule is CCNC(=NCCCc1ccc(OC)c(OCC)c1)NCCSC.I. The van der Waals surface area contributed by atoms with Gasteiger partial charge in [0.1, 0.15) is 0 Å². The third-order valence-electron chi connectivity index (χ3n) is 3.36. The predicted octanol–water partition coefficient (Wildman–Crippen LogP) is 3.56. The average molecular weight is 481 g/mol. The van der Waals surface area contributed by atoms with Gasteiger partial charge in [-0.3, -0.25) is 4.99 Å². The highest BCUT2D eigenvalue weighted by atomic mass is 127. The highest BCUT2D eigenvalue weighted by Crippen LogP contribution is 2.28. The highest BCUT2D eigenvalue weighted by molar-refractivity contribution is 14.0. The van der Waals surface area contributed by atoms with Crippen molar-refractivity contribution in [2.75, 3.05) is 45.4 Å². The third kappa shape index (κ3) is 10.0. The molecule has 0 spiro atoms. The molecular weight excluding hydrogens is 449 g/mol. The quantitative estimate of drug-likeness (QED) is 0.219. The van der Waals surface area contributed by atoms with Crippen LogP contribution in [0.1, 0.15) is 25.8 Å². The molecule has 7 heteroatoms. The van der Waals surface area contributed by atoms with Gasteiger partial charge < -0.3 is 20.1 Å². The highest BCUT2D eigenvalue weighted by Gasteiger charge is 2.05. The van der Waals surface area contributed by atoms with Gasteiger partial charge in [-0.1, -0.05) is 6.07 Å². The molecule has 144 valence electrons. The normalized spacial score (nSPS) is 10.8. The van der Waals surface area contributed by atoms with Crippen LogP contribution in [0.2, 0.25) is 0 Å². The van der Waals surface area contributed by atoms with Crippen LogP contribution in [0.5, 0.6) is 11.5 Å². The monoisotopic (exact) mass is 481 g/mol. The predicted molar refractivity (Wildman–Crippen MR) is 120 cm³/mol. The second-order valence-electron chi connectivity index (χ2n) is 5.20. The Labute approximate surface area is 173 Å². The molecule has 0 atom stereocenters. The van der Waals surface area contributed by atoms with Crippen molar-refractivity contribution in [2.24, 2.45) is 4.99 Å². The molecule has 1 aromatic rings. The first-order valence-corrected chi connectivity index (χ1v) is 9.95. The number of benzene rings is 1. The number of aryl methyl sites for hydroxylation is 1. The molecule has 5 nitrogen and oxygen atoms in total. The Balaban J connectivity index is 0.00000576. The lowest BCUT2D eigenvalue weighted by molar-refractivity contribution is 0.310. The van der Waals surface area contributed by atoms with Gasteiger partial charge in [0.15, 0.2) is 17.5 Å². The number of thioether (sulfide) groups is 1. The fourth-order valence-corrected chi connectivity index (χ4v) is 2.54. The fraction of sp³-hybridized carbons (Fsp3) is 0.611. The van der Waals surface area contributed by atoms with Crippen molar-refractivity contribution in [2.45, 2.75) is 26.7 Å². The molecule has 1 rings (SSSR count). The minimum Gasteiger partial charge on any atom is -0.493 e. The molecule has 0 amide bonds. The smallest absolute Gasteiger partial charge is 0.191 e. The first-order valence-electron chi connectivity index (χ1n) is 8.55. The molecule has 0 radical (unpaired) electrons. The summed E-state index contributed by atoms with van der Waals surface area (Å²) in [5, 5.41) is 6.62. The molecule has 1 aromatic carbocycles. The standard InChI is InChI=1S/C18H31N3O2S.HI/c1-5-19-18(21-12-13-24-4)20-11-7-8-15-9-10-16(22-3)17(14-15)23-6-2;/h9-10,14H,5-8,11-13H2,1-4H3,(H2,19,20,21);1H. The van der Waals surface area contributed by atoms with Gasteiger partial charge in [-0.05, 0) is 50.6 Å². The van der Waals surface area contributed by atoms with E-state index in [4.69, 9.17) is 9.47 Å². The van der Waals surface area contributed by atoms with Gasteiger partial charge in [0.2, 0.25) is 0 Å². The molecule has 0 aliphatic rings. The van der Waals surface area contributed by atoms with Crippen LogP contribution in [0.4, 0.5) is 0 Å². The number of guanidine groups is 1. The molecule has 25 heavy (non-hydrogen) atoms. The summed E-state index contributed by atoms with van der Waals surface area (Å²) in [5.74, 6) is 3.58. The lowest BCUT2D eigenvalue weighted by Crippen LogP contribution is -2.38. The molecule has 0 saturated carbocycles. The summed E-state index contributed by atoms with van der Waals surface area (Å²) in [6.45, 7) is 7.30. The second kappa shape index (κ2) is 15.4. The molecule has 0 aliphatic heterocycles. The van der Waals surface area contributed by atoms with Gasteiger partial charge >= 0.3 is 0 Å². The van der Waals surface area contributed by atoms with Crippen LogP contribution in [0.3, 0.4) is 0 Å². The first kappa shape index (κ1) is 24.2. The number of rotatable bonds is 11. The maximum Gasteiger partial charge on any atom is 0.191 e. The molecule has 0 unspecified atom stereocenters. The van der Waals surface area contributed by atoms with Crippen LogP contribution in [0.15, 0.2) is 23.2 Å². The Morgan fingerprint density at radius 3 is 2.64 bits per heavy atom. The zero-order valence-electron chi connectivity index (χ0n) is 15.8. The van der Waals surface area contributed by atoms with Gasteiger partial charge in [-0.2, -0.15) is 11.8 Å². The number of hydrogen-bond donors (Lipinski definition) is 2. The molecule has 0 aliphatic carbocycles. The van der Waals surface area contributed by atoms with Crippen molar-refractivity contribution in [1.82, 2.24) is 10.6 Å². The van der Waals surface area contributed by atoms with Gasteiger partial charge in [-0.15, -0.1) is 24.0 Å². The second-order valence-corrected chi connectivity index (χ2v) is 6.19. The van der Waals surface area contributed by atoms with Crippen molar-refractivity contribution in [3.8, 4) is 11.5 Å². The van der Waals surface area contributed by atoms with Crippen molar-refractivity contribution in [3.05, 3.63) is 23.8 Å². The summed E-state index contributed by atoms with van der Waals surface area (Å²) in [7, 11) is 1.67. The first-order chi connectivity index (χ1) is 11.7. The van der Waals surface area contributed by atoms with Crippen LogP contribution in [-0.2, 0) is 6.42 Å². The molecule has 0 heterocycles. The molecule has 0 saturated heterocycles. The largest absolute Gasteiger partial charge is 0.493 e. The van der Waals surface area contributed by atoms with E-state index in [2.05, 4.69) is 40.9 Å². The zero-order chi connectivity index (χ0) is 17.6. The summed E-state index contributed by atoms with van der Waals surface area (Å²) in [6, 6.07) is 6.12. The summed E-state index contributed by atoms with van der Waals surface area (Å²) >= 11 is 1.83. The van der Waals surface area contributed by atoms with E-state index in [0.29, 0.717) is 6.61 Å². The maximum atomic E-state index is 5.63. The maximum absolute atomic E-state index is 5.63. The molecule has 0 aromatic heterocycles. The van der Waals surface area contributed by atoms with Crippen molar-refractivity contribution >= 4 is 41.7 Å². The van der Waals surface area contributed by atoms with Crippen molar-refractivity contribution in [3.63, 3.8) is 0 Å². The van der Waals surface area contributed by atoms with E-state index in [-0.39, 0.29) is 24.0 Å². The minimum absolute atomic E-state index is 0. The van der Waals surface area contributed by atoms with Crippen LogP contribution in [0.25, 0.3) is 0 Å². The number of nitrogens with zero attached hydrogens (tertiary/aromatic N) is 1. The number of aliphatic imine (C=N–C) groups is 1. The third-order valence-corrected chi connectivity index (χ3v) is 3.98. The number of methoxy groups -OCH3 is 1. The van der Waals surface area contributed by atoms with E-state index in [1.54, 1.807) is 7.11 Å². The van der Waals surface area contributed by atoms with Crippen LogP contribution >= 0.6 is 35.7 Å². The summed E-state index contributed by atoms with van der Waals surface area (Å²) in [5.41, 5.74) is 1.25. The Morgan fingerprint density at radius 2 is 2.00 bits per heavy atom. The van der Waals surface area contributed by atoms with E-state index in [1.807, 2.05) is 24.8 Å². The molecule has 0 fully saturated rings. The van der Waals surface area contributed by atoms with Crippen LogP contribution in [0, 0.1) is 0 Å². The summed E-state index contributed by atoms with van der Waals surface area (Å²) < 4.78 is 10.9. The average Bonchev–Trinajstić information content (AvgIpc) is 2.59. The zero-order valence-corrected chi connectivity index (χ0v) is 18.9. The fourth-order valence-electron chi connectivity index (χ4n) is 2.23. The van der Waals surface area contributed by atoms with Gasteiger partial charge in [-0.25, -0.2) is 0 Å². The Bertz CT molecular complexity index is 501. The Kier molecular flexibility index (Phi) is 14.9. The van der Waals surface area contributed by atoms with Gasteiger partial charge in [0.25, 0.3) is 0 Å². The molecule has 2 N–H and O–H groups in total. The van der Waals surface area contributed by atoms with E-state index in [1.165, 1.54) is 5.56 Å². The number of hydrogen-bond acceptors (Lipinski definition) is 4. The van der Waals surface area contributed by atoms with Crippen LogP contribution < -0.4 is 20.1 Å². The number of ether oxygens (including phenoxy) is 2. The van der Waals surface area contributed by atoms with E-state index >= 15 is 0 Å². The Morgan fingerprint density at radius 1 is 1.20 bits per heavy atom. The van der Waals surface area contributed by atoms with Crippen LogP contribution in [-0.4, -0.2) is 51.3 Å². The van der Waals surface area contributed by atoms with Crippen molar-refractivity contribution < 1.29 is 9.47 Å². The lowest BCUT2D eigenvalue weighted by Gasteiger charge is -2.12. The van der Waals surface area contributed by atoms with E-state index in [0.717, 1.165) is 55.7 Å². The van der Waals surface area contributed by atoms with Gasteiger partial charge in [0.05, 0.1) is 13.7 Å². The summed E-state index contributed by atoms with van der Waals surface area (Å²) in [6.07, 6.45) is 4.08. The number of halogens is 1. The van der Waals surface area contributed by atoms with Crippen molar-refractivity contribution in [1.29, 1.82) is 0 Å². The lowest BCUT2D eigenvalue weighted by atomic mass is 10.1. The van der Waals surface area contributed by atoms with E-state index < -0.39 is 0 Å². The minimum atomic E-state index is 0. The Hall–Kier alpha value is -0.830. The molecule has 0 bridgehead atoms. The summed E-state index contributed by atoms with van der Waals surface area (Å²) in [4.78, 5) is 4.62. The molecular formula is C18H32IN3O2S. The van der Waals surface area contributed by atoms with Gasteiger partial charge in [0, 0.05) is 25.4 Å².